The van der Waals surface area contributed by atoms with Gasteiger partial charge in [0.1, 0.15) is 5.54 Å². The largest absolute Gasteiger partial charge is 0.392 e. The van der Waals surface area contributed by atoms with Crippen LogP contribution in [0.15, 0.2) is 18.2 Å². The summed E-state index contributed by atoms with van der Waals surface area (Å²) in [5.41, 5.74) is 1.65. The Morgan fingerprint density at radius 1 is 1.40 bits per heavy atom. The number of fused-ring (bicyclic) bond motifs is 1. The Hall–Kier alpha value is -1.55. The second kappa shape index (κ2) is 3.24. The standard InChI is InChI=1S/C11H14N2O2/c1-11(2)10(15)12-9-7(6-14)4-3-5-8(9)13-11/h3-5,13-14H,6H2,1-2H3,(H,12,15). The topological polar surface area (TPSA) is 61.4 Å². The van der Waals surface area contributed by atoms with E-state index in [4.69, 9.17) is 5.11 Å². The van der Waals surface area contributed by atoms with Crippen molar-refractivity contribution in [3.8, 4) is 0 Å². The van der Waals surface area contributed by atoms with E-state index >= 15 is 0 Å². The summed E-state index contributed by atoms with van der Waals surface area (Å²) >= 11 is 0. The molecule has 3 N–H and O–H groups in total. The minimum absolute atomic E-state index is 0.0778. The number of carbonyl (C=O) groups is 1. The highest BCUT2D eigenvalue weighted by atomic mass is 16.3. The van der Waals surface area contributed by atoms with Crippen molar-refractivity contribution in [3.63, 3.8) is 0 Å². The first-order chi connectivity index (χ1) is 7.04. The van der Waals surface area contributed by atoms with Crippen LogP contribution in [-0.4, -0.2) is 16.6 Å². The molecule has 0 atom stereocenters. The monoisotopic (exact) mass is 206 g/mol. The van der Waals surface area contributed by atoms with E-state index in [9.17, 15) is 4.79 Å². The van der Waals surface area contributed by atoms with Gasteiger partial charge < -0.3 is 15.7 Å². The molecule has 0 bridgehead atoms. The average Bonchev–Trinajstić information content (AvgIpc) is 2.18. The summed E-state index contributed by atoms with van der Waals surface area (Å²) < 4.78 is 0. The first-order valence-electron chi connectivity index (χ1n) is 4.87. The van der Waals surface area contributed by atoms with Crippen LogP contribution in [0.25, 0.3) is 0 Å². The molecule has 4 heteroatoms. The molecule has 0 saturated carbocycles. The molecule has 1 aromatic rings. The minimum Gasteiger partial charge on any atom is -0.392 e. The molecule has 1 aromatic carbocycles. The van der Waals surface area contributed by atoms with Gasteiger partial charge in [0.15, 0.2) is 0 Å². The highest BCUT2D eigenvalue weighted by Crippen LogP contribution is 2.33. The Bertz CT molecular complexity index is 413. The molecule has 0 aromatic heterocycles. The van der Waals surface area contributed by atoms with Gasteiger partial charge in [0, 0.05) is 5.56 Å². The van der Waals surface area contributed by atoms with Gasteiger partial charge in [0.25, 0.3) is 0 Å². The Morgan fingerprint density at radius 2 is 2.13 bits per heavy atom. The predicted molar refractivity (Wildman–Crippen MR) is 58.7 cm³/mol. The fourth-order valence-electron chi connectivity index (χ4n) is 1.65. The quantitative estimate of drug-likeness (QED) is 0.649. The zero-order valence-corrected chi connectivity index (χ0v) is 8.79. The fourth-order valence-corrected chi connectivity index (χ4v) is 1.65. The predicted octanol–water partition coefficient (Wildman–Crippen LogP) is 1.32. The lowest BCUT2D eigenvalue weighted by atomic mass is 9.98. The van der Waals surface area contributed by atoms with Gasteiger partial charge in [-0.1, -0.05) is 12.1 Å². The number of amides is 1. The van der Waals surface area contributed by atoms with Crippen molar-refractivity contribution in [2.24, 2.45) is 0 Å². The maximum Gasteiger partial charge on any atom is 0.249 e. The SMILES string of the molecule is CC1(C)Nc2cccc(CO)c2NC1=O. The number of aliphatic hydroxyl groups excluding tert-OH is 1. The van der Waals surface area contributed by atoms with Crippen LogP contribution >= 0.6 is 0 Å². The van der Waals surface area contributed by atoms with Crippen LogP contribution in [0.2, 0.25) is 0 Å². The third-order valence-electron chi connectivity index (χ3n) is 2.57. The van der Waals surface area contributed by atoms with Crippen LogP contribution < -0.4 is 10.6 Å². The molecule has 1 aliphatic heterocycles. The summed E-state index contributed by atoms with van der Waals surface area (Å²) in [5, 5.41) is 15.1. The lowest BCUT2D eigenvalue weighted by molar-refractivity contribution is -0.119. The van der Waals surface area contributed by atoms with E-state index in [1.807, 2.05) is 26.0 Å². The average molecular weight is 206 g/mol. The van der Waals surface area contributed by atoms with Crippen molar-refractivity contribution < 1.29 is 9.90 Å². The number of benzene rings is 1. The number of hydrogen-bond acceptors (Lipinski definition) is 3. The first kappa shape index (κ1) is 9.98. The molecule has 0 saturated heterocycles. The molecule has 0 unspecified atom stereocenters. The molecule has 0 radical (unpaired) electrons. The van der Waals surface area contributed by atoms with Gasteiger partial charge in [-0.25, -0.2) is 0 Å². The molecule has 4 nitrogen and oxygen atoms in total. The summed E-state index contributed by atoms with van der Waals surface area (Å²) in [5.74, 6) is -0.0871. The van der Waals surface area contributed by atoms with E-state index in [1.54, 1.807) is 6.07 Å². The molecule has 1 heterocycles. The molecule has 80 valence electrons. The third-order valence-corrected chi connectivity index (χ3v) is 2.57. The van der Waals surface area contributed by atoms with Crippen molar-refractivity contribution >= 4 is 17.3 Å². The number of carbonyl (C=O) groups excluding carboxylic acids is 1. The number of aliphatic hydroxyl groups is 1. The summed E-state index contributed by atoms with van der Waals surface area (Å²) in [4.78, 5) is 11.7. The summed E-state index contributed by atoms with van der Waals surface area (Å²) in [6, 6.07) is 5.53. The molecule has 1 aliphatic rings. The van der Waals surface area contributed by atoms with Crippen LogP contribution in [0.3, 0.4) is 0 Å². The second-order valence-corrected chi connectivity index (χ2v) is 4.20. The third kappa shape index (κ3) is 1.57. The van der Waals surface area contributed by atoms with Crippen molar-refractivity contribution in [3.05, 3.63) is 23.8 Å². The van der Waals surface area contributed by atoms with Crippen LogP contribution in [0.1, 0.15) is 19.4 Å². The van der Waals surface area contributed by atoms with Gasteiger partial charge in [0.2, 0.25) is 5.91 Å². The van der Waals surface area contributed by atoms with Gasteiger partial charge in [-0.05, 0) is 19.9 Å². The maximum atomic E-state index is 11.7. The van der Waals surface area contributed by atoms with Crippen molar-refractivity contribution in [2.45, 2.75) is 26.0 Å². The zero-order valence-electron chi connectivity index (χ0n) is 8.79. The van der Waals surface area contributed by atoms with E-state index in [1.165, 1.54) is 0 Å². The van der Waals surface area contributed by atoms with Crippen molar-refractivity contribution in [1.29, 1.82) is 0 Å². The smallest absolute Gasteiger partial charge is 0.249 e. The van der Waals surface area contributed by atoms with E-state index in [0.717, 1.165) is 11.3 Å². The van der Waals surface area contributed by atoms with Gasteiger partial charge in [-0.15, -0.1) is 0 Å². The fraction of sp³-hybridized carbons (Fsp3) is 0.364. The van der Waals surface area contributed by atoms with E-state index in [-0.39, 0.29) is 12.5 Å². The zero-order chi connectivity index (χ0) is 11.1. The Kier molecular flexibility index (Phi) is 2.16. The number of nitrogens with one attached hydrogen (secondary N) is 2. The number of hydrogen-bond donors (Lipinski definition) is 3. The molecule has 15 heavy (non-hydrogen) atoms. The molecular weight excluding hydrogens is 192 g/mol. The summed E-state index contributed by atoms with van der Waals surface area (Å²) in [7, 11) is 0. The summed E-state index contributed by atoms with van der Waals surface area (Å²) in [6.07, 6.45) is 0. The van der Waals surface area contributed by atoms with E-state index in [2.05, 4.69) is 10.6 Å². The lowest BCUT2D eigenvalue weighted by Crippen LogP contribution is -2.47. The van der Waals surface area contributed by atoms with Crippen LogP contribution in [-0.2, 0) is 11.4 Å². The van der Waals surface area contributed by atoms with Crippen LogP contribution in [0, 0.1) is 0 Å². The number of para-hydroxylation sites is 1. The Morgan fingerprint density at radius 3 is 2.80 bits per heavy atom. The molecule has 0 spiro atoms. The van der Waals surface area contributed by atoms with Crippen LogP contribution in [0.5, 0.6) is 0 Å². The number of rotatable bonds is 1. The van der Waals surface area contributed by atoms with Gasteiger partial charge >= 0.3 is 0 Å². The van der Waals surface area contributed by atoms with E-state index in [0.29, 0.717) is 5.69 Å². The maximum absolute atomic E-state index is 11.7. The van der Waals surface area contributed by atoms with Crippen molar-refractivity contribution in [1.82, 2.24) is 0 Å². The van der Waals surface area contributed by atoms with Crippen molar-refractivity contribution in [2.75, 3.05) is 10.6 Å². The number of anilines is 2. The second-order valence-electron chi connectivity index (χ2n) is 4.20. The lowest BCUT2D eigenvalue weighted by Gasteiger charge is -2.33. The van der Waals surface area contributed by atoms with Crippen LogP contribution in [0.4, 0.5) is 11.4 Å². The summed E-state index contributed by atoms with van der Waals surface area (Å²) in [6.45, 7) is 3.55. The molecular formula is C11H14N2O2. The van der Waals surface area contributed by atoms with Gasteiger partial charge in [-0.2, -0.15) is 0 Å². The molecule has 0 fully saturated rings. The normalized spacial score (nSPS) is 17.7. The van der Waals surface area contributed by atoms with Gasteiger partial charge in [-0.3, -0.25) is 4.79 Å². The molecule has 0 aliphatic carbocycles. The minimum atomic E-state index is -0.610. The molecule has 1 amide bonds. The van der Waals surface area contributed by atoms with E-state index < -0.39 is 5.54 Å². The first-order valence-corrected chi connectivity index (χ1v) is 4.87. The Labute approximate surface area is 88.3 Å². The highest BCUT2D eigenvalue weighted by molar-refractivity contribution is 6.06. The van der Waals surface area contributed by atoms with Gasteiger partial charge in [0.05, 0.1) is 18.0 Å². The Balaban J connectivity index is 2.49. The highest BCUT2D eigenvalue weighted by Gasteiger charge is 2.33. The molecule has 2 rings (SSSR count).